The van der Waals surface area contributed by atoms with E-state index in [0.717, 1.165) is 11.4 Å². The van der Waals surface area contributed by atoms with Crippen LogP contribution in [0.3, 0.4) is 0 Å². The number of rotatable bonds is 5. The molecule has 2 aliphatic rings. The van der Waals surface area contributed by atoms with E-state index >= 15 is 0 Å². The minimum absolute atomic E-state index is 0.179. The summed E-state index contributed by atoms with van der Waals surface area (Å²) in [6.45, 7) is 0.179. The van der Waals surface area contributed by atoms with E-state index in [1.165, 1.54) is 0 Å². The van der Waals surface area contributed by atoms with E-state index in [1.807, 2.05) is 59.5 Å². The highest BCUT2D eigenvalue weighted by atomic mass is 32.1. The maximum atomic E-state index is 11.4. The molecule has 2 aromatic heterocycles. The molecule has 6 rings (SSSR count). The van der Waals surface area contributed by atoms with Crippen LogP contribution in [-0.2, 0) is 0 Å². The van der Waals surface area contributed by atoms with Crippen LogP contribution < -0.4 is 19.7 Å². The fourth-order valence-corrected chi connectivity index (χ4v) is 4.78. The van der Waals surface area contributed by atoms with Gasteiger partial charge in [0.25, 0.3) is 0 Å². The quantitative estimate of drug-likeness (QED) is 0.381. The number of thiocarbonyl (C=S) groups is 1. The first-order chi connectivity index (χ1) is 17.1. The Labute approximate surface area is 205 Å². The SMILES string of the molecule is O=C(O)c1cccc(-c2ccc(C3C(c4ccccn4)NC(=S)N3c3ccc4c(c3)OCO4)o2)c1. The summed E-state index contributed by atoms with van der Waals surface area (Å²) in [5.74, 6) is 1.56. The number of fused-ring (bicyclic) bond motifs is 1. The molecule has 0 amide bonds. The zero-order valence-corrected chi connectivity index (χ0v) is 19.1. The number of nitrogens with zero attached hydrogens (tertiary/aromatic N) is 2. The molecular formula is C26H19N3O5S. The third-order valence-electron chi connectivity index (χ3n) is 6.04. The number of hydrogen-bond donors (Lipinski definition) is 2. The fraction of sp³-hybridized carbons (Fsp3) is 0.115. The third kappa shape index (κ3) is 3.75. The second kappa shape index (κ2) is 8.44. The molecule has 0 bridgehead atoms. The molecule has 2 atom stereocenters. The standard InChI is InChI=1S/C26H19N3O5S/c30-25(31)16-5-3-4-15(12-16)19-9-10-21(34-19)24-23(18-6-1-2-11-27-18)28-26(35)29(24)17-7-8-20-22(13-17)33-14-32-20/h1-13,23-24H,14H2,(H,28,35)(H,30,31). The second-order valence-corrected chi connectivity index (χ2v) is 8.51. The molecule has 2 aromatic carbocycles. The number of benzene rings is 2. The molecule has 2 N–H and O–H groups in total. The Kier molecular flexibility index (Phi) is 5.11. The summed E-state index contributed by atoms with van der Waals surface area (Å²) >= 11 is 5.76. The smallest absolute Gasteiger partial charge is 0.335 e. The topological polar surface area (TPSA) is 97.1 Å². The predicted octanol–water partition coefficient (Wildman–Crippen LogP) is 4.95. The van der Waals surface area contributed by atoms with Gasteiger partial charge in [-0.25, -0.2) is 4.79 Å². The lowest BCUT2D eigenvalue weighted by Gasteiger charge is -2.26. The Morgan fingerprint density at radius 2 is 1.91 bits per heavy atom. The highest BCUT2D eigenvalue weighted by Gasteiger charge is 2.43. The number of carbonyl (C=O) groups is 1. The minimum atomic E-state index is -0.992. The van der Waals surface area contributed by atoms with Crippen LogP contribution in [0.25, 0.3) is 11.3 Å². The molecule has 0 radical (unpaired) electrons. The van der Waals surface area contributed by atoms with E-state index in [4.69, 9.17) is 26.1 Å². The normalized spacial score (nSPS) is 18.5. The van der Waals surface area contributed by atoms with Crippen molar-refractivity contribution in [3.63, 3.8) is 0 Å². The van der Waals surface area contributed by atoms with E-state index in [-0.39, 0.29) is 24.4 Å². The highest BCUT2D eigenvalue weighted by molar-refractivity contribution is 7.80. The van der Waals surface area contributed by atoms with Crippen molar-refractivity contribution in [3.05, 3.63) is 96.0 Å². The number of aromatic carboxylic acids is 1. The number of anilines is 1. The van der Waals surface area contributed by atoms with E-state index in [2.05, 4.69) is 10.3 Å². The number of pyridine rings is 1. The number of carboxylic acid groups (broad SMARTS) is 1. The molecule has 0 spiro atoms. The van der Waals surface area contributed by atoms with Crippen LogP contribution >= 0.6 is 12.2 Å². The second-order valence-electron chi connectivity index (χ2n) is 8.12. The summed E-state index contributed by atoms with van der Waals surface area (Å²) in [4.78, 5) is 18.0. The Morgan fingerprint density at radius 1 is 1.03 bits per heavy atom. The van der Waals surface area contributed by atoms with Gasteiger partial charge in [-0.05, 0) is 60.7 Å². The van der Waals surface area contributed by atoms with Crippen molar-refractivity contribution in [1.29, 1.82) is 0 Å². The summed E-state index contributed by atoms with van der Waals surface area (Å²) < 4.78 is 17.4. The van der Waals surface area contributed by atoms with E-state index < -0.39 is 5.97 Å². The first kappa shape index (κ1) is 21.2. The van der Waals surface area contributed by atoms with Crippen molar-refractivity contribution in [2.45, 2.75) is 12.1 Å². The number of carboxylic acids is 1. The summed E-state index contributed by atoms with van der Waals surface area (Å²) in [7, 11) is 0. The molecule has 4 heterocycles. The fourth-order valence-electron chi connectivity index (χ4n) is 4.43. The molecule has 35 heavy (non-hydrogen) atoms. The van der Waals surface area contributed by atoms with Gasteiger partial charge in [0, 0.05) is 23.5 Å². The van der Waals surface area contributed by atoms with Gasteiger partial charge < -0.3 is 29.2 Å². The van der Waals surface area contributed by atoms with Gasteiger partial charge in [-0.3, -0.25) is 4.98 Å². The lowest BCUT2D eigenvalue weighted by molar-refractivity contribution is 0.0697. The number of furan rings is 1. The van der Waals surface area contributed by atoms with Crippen LogP contribution in [0.15, 0.2) is 83.4 Å². The maximum Gasteiger partial charge on any atom is 0.335 e. The first-order valence-corrected chi connectivity index (χ1v) is 11.3. The molecule has 1 saturated heterocycles. The van der Waals surface area contributed by atoms with Crippen LogP contribution in [0.4, 0.5) is 5.69 Å². The van der Waals surface area contributed by atoms with Crippen LogP contribution in [-0.4, -0.2) is 28.0 Å². The van der Waals surface area contributed by atoms with Crippen molar-refractivity contribution in [1.82, 2.24) is 10.3 Å². The zero-order valence-electron chi connectivity index (χ0n) is 18.3. The third-order valence-corrected chi connectivity index (χ3v) is 6.36. The van der Waals surface area contributed by atoms with Crippen molar-refractivity contribution in [3.8, 4) is 22.8 Å². The van der Waals surface area contributed by atoms with Gasteiger partial charge >= 0.3 is 5.97 Å². The van der Waals surface area contributed by atoms with E-state index in [0.29, 0.717) is 33.7 Å². The van der Waals surface area contributed by atoms with Gasteiger partial charge in [0.2, 0.25) is 6.79 Å². The van der Waals surface area contributed by atoms with Crippen molar-refractivity contribution >= 4 is 29.0 Å². The Balaban J connectivity index is 1.43. The predicted molar refractivity (Wildman–Crippen MR) is 132 cm³/mol. The van der Waals surface area contributed by atoms with E-state index in [9.17, 15) is 9.90 Å². The molecule has 0 aliphatic carbocycles. The summed E-state index contributed by atoms with van der Waals surface area (Å²) in [5.41, 5.74) is 2.50. The largest absolute Gasteiger partial charge is 0.478 e. The molecule has 174 valence electrons. The lowest BCUT2D eigenvalue weighted by Crippen LogP contribution is -2.29. The minimum Gasteiger partial charge on any atom is -0.478 e. The summed E-state index contributed by atoms with van der Waals surface area (Å²) in [6, 6.07) is 21.2. The first-order valence-electron chi connectivity index (χ1n) is 10.9. The maximum absolute atomic E-state index is 11.4. The number of ether oxygens (including phenoxy) is 2. The Hall–Kier alpha value is -4.37. The van der Waals surface area contributed by atoms with Gasteiger partial charge in [-0.15, -0.1) is 0 Å². The Bertz CT molecular complexity index is 1440. The van der Waals surface area contributed by atoms with Gasteiger partial charge in [-0.1, -0.05) is 18.2 Å². The van der Waals surface area contributed by atoms with Gasteiger partial charge in [0.05, 0.1) is 17.3 Å². The Morgan fingerprint density at radius 3 is 2.74 bits per heavy atom. The van der Waals surface area contributed by atoms with Crippen LogP contribution in [0.5, 0.6) is 11.5 Å². The van der Waals surface area contributed by atoms with Crippen LogP contribution in [0.2, 0.25) is 0 Å². The lowest BCUT2D eigenvalue weighted by atomic mass is 10.0. The zero-order chi connectivity index (χ0) is 23.9. The summed E-state index contributed by atoms with van der Waals surface area (Å²) in [5, 5.41) is 13.3. The number of nitrogens with one attached hydrogen (secondary N) is 1. The molecule has 9 heteroatoms. The molecular weight excluding hydrogens is 466 g/mol. The van der Waals surface area contributed by atoms with Crippen molar-refractivity contribution in [2.24, 2.45) is 0 Å². The van der Waals surface area contributed by atoms with Crippen molar-refractivity contribution in [2.75, 3.05) is 11.7 Å². The van der Waals surface area contributed by atoms with Crippen LogP contribution in [0.1, 0.15) is 33.9 Å². The molecule has 0 saturated carbocycles. The van der Waals surface area contributed by atoms with Gasteiger partial charge in [-0.2, -0.15) is 0 Å². The molecule has 2 unspecified atom stereocenters. The average Bonchev–Trinajstić information content (AvgIpc) is 3.62. The molecule has 1 fully saturated rings. The summed E-state index contributed by atoms with van der Waals surface area (Å²) in [6.07, 6.45) is 1.74. The number of hydrogen-bond acceptors (Lipinski definition) is 6. The monoisotopic (exact) mass is 485 g/mol. The molecule has 2 aliphatic heterocycles. The average molecular weight is 486 g/mol. The molecule has 8 nitrogen and oxygen atoms in total. The van der Waals surface area contributed by atoms with Gasteiger partial charge in [0.15, 0.2) is 16.6 Å². The van der Waals surface area contributed by atoms with Crippen LogP contribution in [0, 0.1) is 0 Å². The molecule has 4 aromatic rings. The van der Waals surface area contributed by atoms with E-state index in [1.54, 1.807) is 24.4 Å². The highest BCUT2D eigenvalue weighted by Crippen LogP contribution is 2.45. The number of aromatic nitrogens is 1. The van der Waals surface area contributed by atoms with Gasteiger partial charge in [0.1, 0.15) is 17.6 Å². The van der Waals surface area contributed by atoms with Crippen molar-refractivity contribution < 1.29 is 23.8 Å².